The van der Waals surface area contributed by atoms with E-state index in [9.17, 15) is 4.79 Å². The largest absolute Gasteiger partial charge is 0.364 e. The van der Waals surface area contributed by atoms with Crippen LogP contribution in [0.2, 0.25) is 0 Å². The van der Waals surface area contributed by atoms with Gasteiger partial charge < -0.3 is 5.32 Å². The van der Waals surface area contributed by atoms with Crippen LogP contribution in [0.5, 0.6) is 0 Å². The summed E-state index contributed by atoms with van der Waals surface area (Å²) in [5.41, 5.74) is 2.70. The Balaban J connectivity index is 1.79. The molecule has 1 aliphatic rings. The summed E-state index contributed by atoms with van der Waals surface area (Å²) in [6, 6.07) is 17.6. The van der Waals surface area contributed by atoms with E-state index < -0.39 is 0 Å². The fourth-order valence-corrected chi connectivity index (χ4v) is 3.75. The zero-order chi connectivity index (χ0) is 17.5. The minimum Gasteiger partial charge on any atom is -0.364 e. The molecule has 0 unspecified atom stereocenters. The van der Waals surface area contributed by atoms with Gasteiger partial charge in [0.05, 0.1) is 16.7 Å². The Hall–Kier alpha value is -3.15. The molecule has 1 N–H and O–H groups in total. The van der Waals surface area contributed by atoms with Crippen LogP contribution in [-0.2, 0) is 0 Å². The van der Waals surface area contributed by atoms with Gasteiger partial charge in [0.25, 0.3) is 0 Å². The highest BCUT2D eigenvalue weighted by atomic mass is 16.2. The van der Waals surface area contributed by atoms with Gasteiger partial charge in [-0.1, -0.05) is 43.2 Å². The summed E-state index contributed by atoms with van der Waals surface area (Å²) in [5.74, 6) is 0.683. The predicted molar refractivity (Wildman–Crippen MR) is 102 cm³/mol. The average molecular weight is 345 g/mol. The highest BCUT2D eigenvalue weighted by molar-refractivity contribution is 5.82. The molecule has 6 nitrogen and oxygen atoms in total. The monoisotopic (exact) mass is 345 g/mol. The van der Waals surface area contributed by atoms with E-state index in [-0.39, 0.29) is 5.69 Å². The lowest BCUT2D eigenvalue weighted by Crippen LogP contribution is -2.20. The molecular formula is C20H19N5O. The number of hydrogen-bond acceptors (Lipinski definition) is 4. The lowest BCUT2D eigenvalue weighted by atomic mass is 10.2. The molecule has 130 valence electrons. The molecule has 0 radical (unpaired) electrons. The number of aromatic nitrogens is 4. The van der Waals surface area contributed by atoms with Crippen LogP contribution in [-0.4, -0.2) is 25.2 Å². The first-order chi connectivity index (χ1) is 12.8. The third kappa shape index (κ3) is 2.37. The lowest BCUT2D eigenvalue weighted by Gasteiger charge is -2.13. The van der Waals surface area contributed by atoms with E-state index in [0.29, 0.717) is 17.5 Å². The summed E-state index contributed by atoms with van der Waals surface area (Å²) in [5, 5.41) is 8.14. The number of fused-ring (bicyclic) bond motifs is 3. The van der Waals surface area contributed by atoms with Crippen LogP contribution in [0.25, 0.3) is 22.4 Å². The standard InChI is InChI=1S/C20H19N5O/c26-20-24-17-13-7-6-12-16(17)22-18(21-14-8-4-5-9-14)19(24)23-25(20)15-10-2-1-3-11-15/h1-3,6-7,10-14H,4-5,8-9H2,(H,21,22). The van der Waals surface area contributed by atoms with Crippen LogP contribution in [0.15, 0.2) is 59.4 Å². The molecule has 1 saturated carbocycles. The summed E-state index contributed by atoms with van der Waals surface area (Å²) in [7, 11) is 0. The summed E-state index contributed by atoms with van der Waals surface area (Å²) in [4.78, 5) is 17.9. The van der Waals surface area contributed by atoms with Crippen LogP contribution in [0.4, 0.5) is 5.82 Å². The number of nitrogens with one attached hydrogen (secondary N) is 1. The van der Waals surface area contributed by atoms with Gasteiger partial charge in [-0.25, -0.2) is 14.2 Å². The molecule has 5 rings (SSSR count). The molecule has 26 heavy (non-hydrogen) atoms. The topological polar surface area (TPSA) is 64.2 Å². The van der Waals surface area contributed by atoms with Crippen molar-refractivity contribution in [3.8, 4) is 5.69 Å². The maximum Gasteiger partial charge on any atom is 0.355 e. The summed E-state index contributed by atoms with van der Waals surface area (Å²) in [6.07, 6.45) is 4.72. The Labute approximate surface area is 150 Å². The van der Waals surface area contributed by atoms with Crippen LogP contribution in [0.3, 0.4) is 0 Å². The first-order valence-electron chi connectivity index (χ1n) is 9.04. The van der Waals surface area contributed by atoms with Crippen molar-refractivity contribution < 1.29 is 0 Å². The molecule has 0 aliphatic heterocycles. The molecule has 2 heterocycles. The second-order valence-corrected chi connectivity index (χ2v) is 6.76. The highest BCUT2D eigenvalue weighted by Gasteiger charge is 2.20. The van der Waals surface area contributed by atoms with Gasteiger partial charge in [-0.3, -0.25) is 0 Å². The quantitative estimate of drug-likeness (QED) is 0.618. The summed E-state index contributed by atoms with van der Waals surface area (Å²) in [6.45, 7) is 0. The Morgan fingerprint density at radius 3 is 2.50 bits per heavy atom. The highest BCUT2D eigenvalue weighted by Crippen LogP contribution is 2.25. The Bertz CT molecular complexity index is 1140. The van der Waals surface area contributed by atoms with Crippen molar-refractivity contribution in [2.75, 3.05) is 5.32 Å². The smallest absolute Gasteiger partial charge is 0.355 e. The van der Waals surface area contributed by atoms with Crippen molar-refractivity contribution in [3.05, 3.63) is 65.1 Å². The maximum atomic E-state index is 13.1. The number of benzene rings is 2. The molecule has 2 aromatic carbocycles. The number of nitrogens with zero attached hydrogens (tertiary/aromatic N) is 4. The number of hydrogen-bond donors (Lipinski definition) is 1. The summed E-state index contributed by atoms with van der Waals surface area (Å²) < 4.78 is 3.11. The predicted octanol–water partition coefficient (Wildman–Crippen LogP) is 3.39. The molecular weight excluding hydrogens is 326 g/mol. The van der Waals surface area contributed by atoms with Gasteiger partial charge >= 0.3 is 5.69 Å². The Morgan fingerprint density at radius 1 is 0.962 bits per heavy atom. The molecule has 1 aliphatic carbocycles. The van der Waals surface area contributed by atoms with Crippen molar-refractivity contribution in [2.45, 2.75) is 31.7 Å². The van der Waals surface area contributed by atoms with E-state index in [1.54, 1.807) is 4.40 Å². The van der Waals surface area contributed by atoms with Crippen LogP contribution < -0.4 is 11.0 Å². The normalized spacial score (nSPS) is 15.1. The Kier molecular flexibility index (Phi) is 3.48. The fourth-order valence-electron chi connectivity index (χ4n) is 3.75. The second kappa shape index (κ2) is 5.98. The van der Waals surface area contributed by atoms with Crippen LogP contribution in [0.1, 0.15) is 25.7 Å². The van der Waals surface area contributed by atoms with Gasteiger partial charge in [-0.05, 0) is 37.1 Å². The van der Waals surface area contributed by atoms with Gasteiger partial charge in [0.15, 0.2) is 5.82 Å². The molecule has 0 atom stereocenters. The first kappa shape index (κ1) is 15.1. The van der Waals surface area contributed by atoms with Crippen molar-refractivity contribution >= 4 is 22.5 Å². The van der Waals surface area contributed by atoms with Gasteiger partial charge in [0.1, 0.15) is 0 Å². The fraction of sp³-hybridized carbons (Fsp3) is 0.250. The van der Waals surface area contributed by atoms with Crippen molar-refractivity contribution in [3.63, 3.8) is 0 Å². The molecule has 0 saturated heterocycles. The molecule has 6 heteroatoms. The minimum atomic E-state index is -0.181. The number of para-hydroxylation sites is 3. The van der Waals surface area contributed by atoms with Crippen molar-refractivity contribution in [1.29, 1.82) is 0 Å². The SMILES string of the molecule is O=c1n(-c2ccccc2)nc2c(NC3CCCC3)nc3ccccc3n12. The molecule has 4 aromatic rings. The zero-order valence-electron chi connectivity index (χ0n) is 14.3. The van der Waals surface area contributed by atoms with Crippen LogP contribution >= 0.6 is 0 Å². The van der Waals surface area contributed by atoms with Crippen LogP contribution in [0, 0.1) is 0 Å². The van der Waals surface area contributed by atoms with Gasteiger partial charge in [-0.15, -0.1) is 5.10 Å². The molecule has 1 fully saturated rings. The zero-order valence-corrected chi connectivity index (χ0v) is 14.3. The third-order valence-electron chi connectivity index (χ3n) is 5.04. The number of rotatable bonds is 3. The maximum absolute atomic E-state index is 13.1. The molecule has 0 bridgehead atoms. The van der Waals surface area contributed by atoms with E-state index >= 15 is 0 Å². The van der Waals surface area contributed by atoms with E-state index in [4.69, 9.17) is 4.98 Å². The third-order valence-corrected chi connectivity index (χ3v) is 5.04. The van der Waals surface area contributed by atoms with Crippen molar-refractivity contribution in [1.82, 2.24) is 19.2 Å². The average Bonchev–Trinajstić information content (AvgIpc) is 3.31. The molecule has 2 aromatic heterocycles. The van der Waals surface area contributed by atoms with E-state index in [0.717, 1.165) is 29.6 Å². The molecule has 0 amide bonds. The van der Waals surface area contributed by atoms with Gasteiger partial charge in [0, 0.05) is 6.04 Å². The van der Waals surface area contributed by atoms with E-state index in [2.05, 4.69) is 10.4 Å². The lowest BCUT2D eigenvalue weighted by molar-refractivity contribution is 0.751. The van der Waals surface area contributed by atoms with Gasteiger partial charge in [0.2, 0.25) is 5.65 Å². The second-order valence-electron chi connectivity index (χ2n) is 6.76. The van der Waals surface area contributed by atoms with E-state index in [1.807, 2.05) is 54.6 Å². The van der Waals surface area contributed by atoms with Crippen molar-refractivity contribution in [2.24, 2.45) is 0 Å². The Morgan fingerprint density at radius 2 is 1.69 bits per heavy atom. The molecule has 0 spiro atoms. The number of anilines is 1. The van der Waals surface area contributed by atoms with E-state index in [1.165, 1.54) is 17.5 Å². The first-order valence-corrected chi connectivity index (χ1v) is 9.04. The van der Waals surface area contributed by atoms with Gasteiger partial charge in [-0.2, -0.15) is 4.68 Å². The summed E-state index contributed by atoms with van der Waals surface area (Å²) >= 11 is 0. The minimum absolute atomic E-state index is 0.181.